The van der Waals surface area contributed by atoms with Gasteiger partial charge in [0.1, 0.15) is 5.82 Å². The highest BCUT2D eigenvalue weighted by Gasteiger charge is 2.55. The van der Waals surface area contributed by atoms with Crippen LogP contribution in [0.2, 0.25) is 0 Å². The van der Waals surface area contributed by atoms with E-state index in [9.17, 15) is 14.0 Å². The Bertz CT molecular complexity index is 1090. The summed E-state index contributed by atoms with van der Waals surface area (Å²) in [5, 5.41) is 2.07. The van der Waals surface area contributed by atoms with E-state index in [-0.39, 0.29) is 35.6 Å². The second-order valence-corrected chi connectivity index (χ2v) is 12.5. The van der Waals surface area contributed by atoms with Crippen LogP contribution in [0.3, 0.4) is 0 Å². The van der Waals surface area contributed by atoms with Gasteiger partial charge in [-0.3, -0.25) is 9.59 Å². The lowest BCUT2D eigenvalue weighted by Gasteiger charge is -2.56. The van der Waals surface area contributed by atoms with Gasteiger partial charge in [0.2, 0.25) is 11.8 Å². The summed E-state index contributed by atoms with van der Waals surface area (Å²) >= 11 is 1.71. The van der Waals surface area contributed by atoms with Gasteiger partial charge in [0, 0.05) is 25.1 Å². The fraction of sp³-hybridized carbons (Fsp3) is 0.586. The fourth-order valence-corrected chi connectivity index (χ4v) is 8.91. The lowest BCUT2D eigenvalue weighted by molar-refractivity contribution is -0.161. The third-order valence-corrected chi connectivity index (χ3v) is 10.1. The molecule has 2 amide bonds. The highest BCUT2D eigenvalue weighted by molar-refractivity contribution is 7.10. The minimum Gasteiger partial charge on any atom is -0.383 e. The van der Waals surface area contributed by atoms with E-state index in [4.69, 9.17) is 4.74 Å². The van der Waals surface area contributed by atoms with E-state index in [0.717, 1.165) is 36.8 Å². The minimum atomic E-state index is -0.290. The average Bonchev–Trinajstić information content (AvgIpc) is 3.34. The van der Waals surface area contributed by atoms with Crippen molar-refractivity contribution in [2.45, 2.75) is 51.0 Å². The fourth-order valence-electron chi connectivity index (χ4n) is 8.01. The first-order chi connectivity index (χ1) is 17.5. The second-order valence-electron chi connectivity index (χ2n) is 11.5. The summed E-state index contributed by atoms with van der Waals surface area (Å²) in [6.07, 6.45) is 7.58. The smallest absolute Gasteiger partial charge is 0.242 e. The van der Waals surface area contributed by atoms with E-state index in [0.29, 0.717) is 37.5 Å². The molecule has 4 saturated carbocycles. The van der Waals surface area contributed by atoms with E-state index < -0.39 is 0 Å². The molecule has 5 nitrogen and oxygen atoms in total. The zero-order valence-corrected chi connectivity index (χ0v) is 21.8. The predicted octanol–water partition coefficient (Wildman–Crippen LogP) is 5.05. The van der Waals surface area contributed by atoms with Crippen molar-refractivity contribution < 1.29 is 18.7 Å². The molecule has 1 aromatic heterocycles. The molecule has 4 fully saturated rings. The summed E-state index contributed by atoms with van der Waals surface area (Å²) in [7, 11) is 1.64. The zero-order chi connectivity index (χ0) is 24.9. The molecule has 7 rings (SSSR count). The molecule has 0 radical (unpaired) electrons. The molecule has 0 N–H and O–H groups in total. The quantitative estimate of drug-likeness (QED) is 0.524. The van der Waals surface area contributed by atoms with Gasteiger partial charge in [-0.15, -0.1) is 11.3 Å². The number of nitrogens with zero attached hydrogens (tertiary/aromatic N) is 2. The number of fused-ring (bicyclic) bond motifs is 1. The molecular weight excluding hydrogens is 475 g/mol. The van der Waals surface area contributed by atoms with Crippen LogP contribution in [0.15, 0.2) is 35.7 Å². The number of halogens is 1. The van der Waals surface area contributed by atoms with Crippen molar-refractivity contribution in [1.82, 2.24) is 9.80 Å². The Morgan fingerprint density at radius 2 is 1.75 bits per heavy atom. The van der Waals surface area contributed by atoms with E-state index in [1.165, 1.54) is 36.3 Å². The Hall–Kier alpha value is -2.25. The molecule has 1 unspecified atom stereocenters. The first-order valence-electron chi connectivity index (χ1n) is 13.4. The van der Waals surface area contributed by atoms with Crippen LogP contribution in [0.1, 0.15) is 60.6 Å². The summed E-state index contributed by atoms with van der Waals surface area (Å²) in [4.78, 5) is 33.0. The molecule has 4 aliphatic carbocycles. The van der Waals surface area contributed by atoms with Gasteiger partial charge in [0.25, 0.3) is 0 Å². The average molecular weight is 511 g/mol. The van der Waals surface area contributed by atoms with Gasteiger partial charge < -0.3 is 14.5 Å². The van der Waals surface area contributed by atoms with E-state index in [2.05, 4.69) is 11.4 Å². The number of methoxy groups -OCH3 is 1. The lowest BCUT2D eigenvalue weighted by atomic mass is 9.49. The molecule has 0 spiro atoms. The number of thiophene rings is 1. The van der Waals surface area contributed by atoms with Crippen molar-refractivity contribution in [2.75, 3.05) is 33.4 Å². The summed E-state index contributed by atoms with van der Waals surface area (Å²) in [6, 6.07) is 8.29. The Balaban J connectivity index is 1.26. The number of hydrogen-bond acceptors (Lipinski definition) is 4. The van der Waals surface area contributed by atoms with Gasteiger partial charge in [-0.25, -0.2) is 4.39 Å². The topological polar surface area (TPSA) is 49.9 Å². The number of rotatable bonds is 7. The SMILES string of the molecule is COCCN(CC(=O)N1CCc2sccc2C1c1ccc(F)cc1)C(=O)C12CC3CC(CC(C3)C1)C2. The highest BCUT2D eigenvalue weighted by Crippen LogP contribution is 2.60. The summed E-state index contributed by atoms with van der Waals surface area (Å²) < 4.78 is 19.1. The maximum Gasteiger partial charge on any atom is 0.242 e. The van der Waals surface area contributed by atoms with Gasteiger partial charge in [-0.2, -0.15) is 0 Å². The normalized spacial score (nSPS) is 30.3. The van der Waals surface area contributed by atoms with Crippen molar-refractivity contribution in [3.05, 3.63) is 57.5 Å². The first-order valence-corrected chi connectivity index (χ1v) is 14.2. The molecule has 1 atom stereocenters. The number of amides is 2. The molecule has 192 valence electrons. The highest BCUT2D eigenvalue weighted by atomic mass is 32.1. The van der Waals surface area contributed by atoms with Gasteiger partial charge >= 0.3 is 0 Å². The first kappa shape index (κ1) is 24.1. The molecule has 4 bridgehead atoms. The Morgan fingerprint density at radius 1 is 1.08 bits per heavy atom. The van der Waals surface area contributed by atoms with Crippen LogP contribution < -0.4 is 0 Å². The van der Waals surface area contributed by atoms with Crippen LogP contribution in [0.25, 0.3) is 0 Å². The van der Waals surface area contributed by atoms with Crippen LogP contribution in [0.5, 0.6) is 0 Å². The maximum absolute atomic E-state index is 14.1. The standard InChI is InChI=1S/C29H35FN2O3S/c1-35-10-9-31(28(34)29-15-19-12-20(16-29)14-21(13-19)17-29)18-26(33)32-8-6-25-24(7-11-36-25)27(32)22-2-4-23(30)5-3-22/h2-5,7,11,19-21,27H,6,8-10,12-18H2,1H3. The number of carbonyl (C=O) groups is 2. The van der Waals surface area contributed by atoms with Gasteiger partial charge in [0.15, 0.2) is 0 Å². The van der Waals surface area contributed by atoms with E-state index >= 15 is 0 Å². The molecule has 1 aliphatic heterocycles. The van der Waals surface area contributed by atoms with Crippen molar-refractivity contribution in [3.8, 4) is 0 Å². The minimum absolute atomic E-state index is 0.0460. The molecule has 2 aromatic rings. The number of ether oxygens (including phenoxy) is 1. The number of carbonyl (C=O) groups excluding carboxylic acids is 2. The summed E-state index contributed by atoms with van der Waals surface area (Å²) in [5.41, 5.74) is 1.73. The molecule has 5 aliphatic rings. The van der Waals surface area contributed by atoms with Crippen LogP contribution in [-0.2, 0) is 20.7 Å². The maximum atomic E-state index is 14.1. The van der Waals surface area contributed by atoms with Crippen LogP contribution in [0, 0.1) is 29.0 Å². The van der Waals surface area contributed by atoms with Gasteiger partial charge in [-0.1, -0.05) is 12.1 Å². The molecule has 2 heterocycles. The Morgan fingerprint density at radius 3 is 2.39 bits per heavy atom. The zero-order valence-electron chi connectivity index (χ0n) is 21.0. The Labute approximate surface area is 216 Å². The second kappa shape index (κ2) is 9.56. The van der Waals surface area contributed by atoms with Gasteiger partial charge in [0.05, 0.1) is 24.6 Å². The van der Waals surface area contributed by atoms with Gasteiger partial charge in [-0.05, 0) is 97.4 Å². The third kappa shape index (κ3) is 4.28. The predicted molar refractivity (Wildman–Crippen MR) is 137 cm³/mol. The van der Waals surface area contributed by atoms with Crippen molar-refractivity contribution in [3.63, 3.8) is 0 Å². The van der Waals surface area contributed by atoms with Crippen LogP contribution in [0.4, 0.5) is 4.39 Å². The summed E-state index contributed by atoms with van der Waals surface area (Å²) in [6.45, 7) is 1.52. The largest absolute Gasteiger partial charge is 0.383 e. The molecular formula is C29H35FN2O3S. The molecule has 0 saturated heterocycles. The van der Waals surface area contributed by atoms with Crippen molar-refractivity contribution in [2.24, 2.45) is 23.2 Å². The monoisotopic (exact) mass is 510 g/mol. The number of hydrogen-bond donors (Lipinski definition) is 0. The van der Waals surface area contributed by atoms with E-state index in [1.54, 1.807) is 35.5 Å². The number of benzene rings is 1. The molecule has 36 heavy (non-hydrogen) atoms. The van der Waals surface area contributed by atoms with Crippen LogP contribution >= 0.6 is 11.3 Å². The third-order valence-electron chi connectivity index (χ3n) is 9.14. The lowest BCUT2D eigenvalue weighted by Crippen LogP contribution is -2.56. The van der Waals surface area contributed by atoms with Crippen molar-refractivity contribution in [1.29, 1.82) is 0 Å². The molecule has 7 heteroatoms. The Kier molecular flexibility index (Phi) is 6.41. The van der Waals surface area contributed by atoms with Crippen molar-refractivity contribution >= 4 is 23.2 Å². The van der Waals surface area contributed by atoms with E-state index in [1.807, 2.05) is 4.90 Å². The summed E-state index contributed by atoms with van der Waals surface area (Å²) in [5.74, 6) is 1.84. The molecule has 1 aromatic carbocycles. The van der Waals surface area contributed by atoms with Crippen LogP contribution in [-0.4, -0.2) is 55.0 Å².